The third-order valence-electron chi connectivity index (χ3n) is 8.01. The van der Waals surface area contributed by atoms with E-state index in [1.54, 1.807) is 34.2 Å². The van der Waals surface area contributed by atoms with Gasteiger partial charge >= 0.3 is 6.03 Å². The number of aromatic hydroxyl groups is 1. The second-order valence-electron chi connectivity index (χ2n) is 10.9. The number of rotatable bonds is 8. The van der Waals surface area contributed by atoms with Gasteiger partial charge in [-0.05, 0) is 52.4 Å². The summed E-state index contributed by atoms with van der Waals surface area (Å²) in [5.41, 5.74) is 2.47. The van der Waals surface area contributed by atoms with Gasteiger partial charge in [-0.1, -0.05) is 48.5 Å². The molecule has 3 heterocycles. The molecule has 44 heavy (non-hydrogen) atoms. The first-order valence-electron chi connectivity index (χ1n) is 14.3. The lowest BCUT2D eigenvalue weighted by molar-refractivity contribution is -0.189. The number of halogens is 1. The second kappa shape index (κ2) is 12.5. The number of phenols is 1. The molecular weight excluding hydrogens is 581 g/mol. The third kappa shape index (κ3) is 5.88. The minimum Gasteiger partial charge on any atom is -0.508 e. The Balaban J connectivity index is 1.36. The van der Waals surface area contributed by atoms with Crippen LogP contribution in [0.3, 0.4) is 0 Å². The van der Waals surface area contributed by atoms with Gasteiger partial charge in [0.2, 0.25) is 11.8 Å². The van der Waals surface area contributed by atoms with Crippen LogP contribution in [0.2, 0.25) is 0 Å². The highest BCUT2D eigenvalue weighted by Gasteiger charge is 2.51. The van der Waals surface area contributed by atoms with Gasteiger partial charge in [-0.25, -0.2) is 19.2 Å². The standard InChI is InChI=1S/C33H32FN5O4S/c1-2-14-37-20-31(41)38-28(15-22-8-11-26(40)12-9-22)32(42)36(18-24-21-44-29-13-10-25(34)16-27(24)29)19-30(38)39(37)33(43)35-17-23-6-4-3-5-7-23/h2-13,16,21,28,30,40H,1,14-15,17-20H2,(H,35,43)/t28-,30-/m0/s1. The summed E-state index contributed by atoms with van der Waals surface area (Å²) in [6, 6.07) is 19.3. The van der Waals surface area contributed by atoms with E-state index < -0.39 is 18.2 Å². The highest BCUT2D eigenvalue weighted by Crippen LogP contribution is 2.32. The number of fused-ring (bicyclic) bond motifs is 2. The van der Waals surface area contributed by atoms with E-state index in [0.717, 1.165) is 26.8 Å². The van der Waals surface area contributed by atoms with Crippen molar-refractivity contribution in [1.29, 1.82) is 0 Å². The zero-order valence-corrected chi connectivity index (χ0v) is 24.8. The summed E-state index contributed by atoms with van der Waals surface area (Å²) in [6.07, 6.45) is 1.03. The van der Waals surface area contributed by atoms with E-state index in [4.69, 9.17) is 0 Å². The van der Waals surface area contributed by atoms with E-state index in [-0.39, 0.29) is 62.5 Å². The fourth-order valence-corrected chi connectivity index (χ4v) is 6.87. The van der Waals surface area contributed by atoms with Gasteiger partial charge < -0.3 is 20.2 Å². The van der Waals surface area contributed by atoms with Crippen LogP contribution in [0.5, 0.6) is 5.75 Å². The summed E-state index contributed by atoms with van der Waals surface area (Å²) >= 11 is 1.47. The molecule has 9 nitrogen and oxygen atoms in total. The van der Waals surface area contributed by atoms with Crippen LogP contribution >= 0.6 is 11.3 Å². The molecule has 2 aliphatic heterocycles. The molecule has 2 saturated heterocycles. The van der Waals surface area contributed by atoms with Gasteiger partial charge in [-0.2, -0.15) is 0 Å². The van der Waals surface area contributed by atoms with Crippen LogP contribution in [0.15, 0.2) is 90.8 Å². The fourth-order valence-electron chi connectivity index (χ4n) is 5.94. The van der Waals surface area contributed by atoms with Crippen molar-refractivity contribution in [3.8, 4) is 5.75 Å². The van der Waals surface area contributed by atoms with Gasteiger partial charge in [0.15, 0.2) is 0 Å². The number of hydrazine groups is 1. The zero-order valence-electron chi connectivity index (χ0n) is 23.9. The van der Waals surface area contributed by atoms with Crippen LogP contribution in [0, 0.1) is 5.82 Å². The number of amides is 4. The number of carbonyl (C=O) groups excluding carboxylic acids is 3. The Bertz CT molecular complexity index is 1700. The largest absolute Gasteiger partial charge is 0.508 e. The number of phenolic OH excluding ortho intramolecular Hbond substituents is 1. The van der Waals surface area contributed by atoms with Crippen LogP contribution in [-0.2, 0) is 29.1 Å². The van der Waals surface area contributed by atoms with Crippen LogP contribution < -0.4 is 5.32 Å². The van der Waals surface area contributed by atoms with E-state index in [1.807, 2.05) is 35.7 Å². The summed E-state index contributed by atoms with van der Waals surface area (Å²) in [6.45, 7) is 4.51. The lowest BCUT2D eigenvalue weighted by Gasteiger charge is -2.55. The molecular formula is C33H32FN5O4S. The van der Waals surface area contributed by atoms with Crippen molar-refractivity contribution in [3.63, 3.8) is 0 Å². The van der Waals surface area contributed by atoms with Gasteiger partial charge in [0.05, 0.1) is 13.1 Å². The van der Waals surface area contributed by atoms with Crippen molar-refractivity contribution >= 4 is 39.3 Å². The molecule has 4 amide bonds. The average Bonchev–Trinajstić information content (AvgIpc) is 3.41. The highest BCUT2D eigenvalue weighted by molar-refractivity contribution is 7.17. The Labute approximate surface area is 258 Å². The quantitative estimate of drug-likeness (QED) is 0.286. The molecule has 4 aromatic rings. The number of benzene rings is 3. The van der Waals surface area contributed by atoms with Crippen LogP contribution in [0.1, 0.15) is 16.7 Å². The van der Waals surface area contributed by atoms with Crippen molar-refractivity contribution in [3.05, 3.63) is 113 Å². The maximum Gasteiger partial charge on any atom is 0.334 e. The summed E-state index contributed by atoms with van der Waals surface area (Å²) in [5, 5.41) is 18.6. The molecule has 6 rings (SSSR count). The Hall–Kier alpha value is -4.74. The molecule has 226 valence electrons. The van der Waals surface area contributed by atoms with Crippen molar-refractivity contribution in [2.24, 2.45) is 0 Å². The lowest BCUT2D eigenvalue weighted by atomic mass is 9.98. The maximum atomic E-state index is 14.2. The molecule has 0 bridgehead atoms. The van der Waals surface area contributed by atoms with E-state index in [2.05, 4.69) is 11.9 Å². The number of piperazine rings is 1. The Morgan fingerprint density at radius 2 is 1.84 bits per heavy atom. The predicted molar refractivity (Wildman–Crippen MR) is 166 cm³/mol. The second-order valence-corrected chi connectivity index (χ2v) is 11.8. The highest BCUT2D eigenvalue weighted by atomic mass is 32.1. The minimum atomic E-state index is -0.900. The van der Waals surface area contributed by atoms with E-state index >= 15 is 0 Å². The average molecular weight is 614 g/mol. The smallest absolute Gasteiger partial charge is 0.334 e. The molecule has 0 spiro atoms. The van der Waals surface area contributed by atoms with E-state index in [0.29, 0.717) is 0 Å². The molecule has 2 atom stereocenters. The first-order valence-corrected chi connectivity index (χ1v) is 15.2. The van der Waals surface area contributed by atoms with E-state index in [1.165, 1.54) is 45.5 Å². The zero-order chi connectivity index (χ0) is 30.8. The van der Waals surface area contributed by atoms with Crippen molar-refractivity contribution in [2.45, 2.75) is 31.7 Å². The molecule has 0 unspecified atom stereocenters. The summed E-state index contributed by atoms with van der Waals surface area (Å²) < 4.78 is 15.1. The molecule has 0 aliphatic carbocycles. The number of carbonyl (C=O) groups is 3. The number of nitrogens with zero attached hydrogens (tertiary/aromatic N) is 4. The summed E-state index contributed by atoms with van der Waals surface area (Å²) in [4.78, 5) is 45.0. The first kappa shape index (κ1) is 29.3. The van der Waals surface area contributed by atoms with Gasteiger partial charge in [0.1, 0.15) is 23.8 Å². The van der Waals surface area contributed by atoms with Crippen LogP contribution in [0.4, 0.5) is 9.18 Å². The van der Waals surface area contributed by atoms with Crippen molar-refractivity contribution < 1.29 is 23.9 Å². The van der Waals surface area contributed by atoms with Gasteiger partial charge in [-0.3, -0.25) is 9.59 Å². The Morgan fingerprint density at radius 1 is 1.07 bits per heavy atom. The van der Waals surface area contributed by atoms with Crippen molar-refractivity contribution in [1.82, 2.24) is 25.1 Å². The lowest BCUT2D eigenvalue weighted by Crippen LogP contribution is -2.76. The minimum absolute atomic E-state index is 0.0652. The SMILES string of the molecule is C=CCN1CC(=O)N2[C@@H](Cc3ccc(O)cc3)C(=O)N(Cc3csc4ccc(F)cc34)C[C@@H]2N1C(=O)NCc1ccccc1. The molecule has 2 fully saturated rings. The topological polar surface area (TPSA) is 96.4 Å². The first-order chi connectivity index (χ1) is 21.3. The molecule has 0 radical (unpaired) electrons. The van der Waals surface area contributed by atoms with Crippen LogP contribution in [-0.4, -0.2) is 74.6 Å². The molecule has 2 N–H and O–H groups in total. The maximum absolute atomic E-state index is 14.2. The van der Waals surface area contributed by atoms with Gasteiger partial charge in [0.25, 0.3) is 0 Å². The summed E-state index contributed by atoms with van der Waals surface area (Å²) in [5.74, 6) is -0.808. The molecule has 0 saturated carbocycles. The fraction of sp³-hybridized carbons (Fsp3) is 0.242. The van der Waals surface area contributed by atoms with Gasteiger partial charge in [0, 0.05) is 36.1 Å². The third-order valence-corrected chi connectivity index (χ3v) is 9.02. The molecule has 11 heteroatoms. The number of thiophene rings is 1. The van der Waals surface area contributed by atoms with Crippen molar-refractivity contribution in [2.75, 3.05) is 19.6 Å². The molecule has 3 aromatic carbocycles. The monoisotopic (exact) mass is 613 g/mol. The predicted octanol–water partition coefficient (Wildman–Crippen LogP) is 4.48. The Kier molecular flexibility index (Phi) is 8.32. The normalized spacial score (nSPS) is 18.9. The number of hydrogen-bond acceptors (Lipinski definition) is 6. The number of nitrogens with one attached hydrogen (secondary N) is 1. The molecule has 1 aromatic heterocycles. The Morgan fingerprint density at radius 3 is 2.59 bits per heavy atom. The number of urea groups is 1. The van der Waals surface area contributed by atoms with Gasteiger partial charge in [-0.15, -0.1) is 17.9 Å². The number of hydrogen-bond donors (Lipinski definition) is 2. The molecule has 2 aliphatic rings. The van der Waals surface area contributed by atoms with E-state index in [9.17, 15) is 23.9 Å². The summed E-state index contributed by atoms with van der Waals surface area (Å²) in [7, 11) is 0. The van der Waals surface area contributed by atoms with Crippen LogP contribution in [0.25, 0.3) is 10.1 Å².